The molecule has 1 fully saturated rings. The van der Waals surface area contributed by atoms with E-state index in [4.69, 9.17) is 0 Å². The van der Waals surface area contributed by atoms with Crippen LogP contribution in [0.3, 0.4) is 0 Å². The lowest BCUT2D eigenvalue weighted by Gasteiger charge is -2.22. The highest BCUT2D eigenvalue weighted by Crippen LogP contribution is 2.29. The van der Waals surface area contributed by atoms with Crippen LogP contribution in [-0.2, 0) is 6.54 Å². The van der Waals surface area contributed by atoms with E-state index < -0.39 is 0 Å². The summed E-state index contributed by atoms with van der Waals surface area (Å²) < 4.78 is 0. The van der Waals surface area contributed by atoms with Crippen LogP contribution in [0.25, 0.3) is 10.9 Å². The van der Waals surface area contributed by atoms with E-state index >= 15 is 0 Å². The first-order valence-electron chi connectivity index (χ1n) is 6.98. The van der Waals surface area contributed by atoms with Gasteiger partial charge in [0.05, 0.1) is 12.1 Å². The van der Waals surface area contributed by atoms with Crippen LogP contribution in [0.2, 0.25) is 0 Å². The predicted molar refractivity (Wildman–Crippen MR) is 77.0 cm³/mol. The van der Waals surface area contributed by atoms with Gasteiger partial charge in [-0.15, -0.1) is 0 Å². The third kappa shape index (κ3) is 2.77. The maximum absolute atomic E-state index is 9.21. The molecule has 0 aliphatic heterocycles. The number of aliphatic hydroxyl groups is 1. The van der Waals surface area contributed by atoms with Crippen LogP contribution < -0.4 is 0 Å². The minimum atomic E-state index is 0.235. The predicted octanol–water partition coefficient (Wildman–Crippen LogP) is 2.50. The molecule has 3 rings (SSSR count). The molecule has 0 bridgehead atoms. The third-order valence-electron chi connectivity index (χ3n) is 3.75. The number of benzene rings is 1. The van der Waals surface area contributed by atoms with Crippen molar-refractivity contribution in [3.8, 4) is 0 Å². The fraction of sp³-hybridized carbons (Fsp3) is 0.438. The highest BCUT2D eigenvalue weighted by Gasteiger charge is 2.28. The summed E-state index contributed by atoms with van der Waals surface area (Å²) in [5, 5.41) is 10.4. The number of para-hydroxylation sites is 1. The Morgan fingerprint density at radius 1 is 1.32 bits per heavy atom. The van der Waals surface area contributed by atoms with Crippen LogP contribution in [-0.4, -0.2) is 34.2 Å². The molecule has 100 valence electrons. The van der Waals surface area contributed by atoms with Gasteiger partial charge in [-0.05, 0) is 37.5 Å². The first-order chi connectivity index (χ1) is 9.28. The molecule has 0 unspecified atom stereocenters. The molecule has 0 amide bonds. The summed E-state index contributed by atoms with van der Waals surface area (Å²) >= 11 is 0. The van der Waals surface area contributed by atoms with Crippen molar-refractivity contribution in [2.45, 2.75) is 32.4 Å². The van der Waals surface area contributed by atoms with E-state index in [1.165, 1.54) is 23.8 Å². The van der Waals surface area contributed by atoms with Crippen LogP contribution in [0.4, 0.5) is 0 Å². The van der Waals surface area contributed by atoms with Crippen molar-refractivity contribution in [2.75, 3.05) is 13.2 Å². The van der Waals surface area contributed by atoms with Crippen LogP contribution in [0.15, 0.2) is 30.3 Å². The Balaban J connectivity index is 1.94. The number of nitrogens with zero attached hydrogens (tertiary/aromatic N) is 2. The zero-order valence-corrected chi connectivity index (χ0v) is 11.3. The molecule has 1 heterocycles. The van der Waals surface area contributed by atoms with E-state index in [0.29, 0.717) is 6.04 Å². The van der Waals surface area contributed by atoms with Gasteiger partial charge in [-0.3, -0.25) is 9.88 Å². The highest BCUT2D eigenvalue weighted by molar-refractivity contribution is 5.82. The number of aryl methyl sites for hydroxylation is 1. The van der Waals surface area contributed by atoms with Crippen molar-refractivity contribution in [3.63, 3.8) is 0 Å². The fourth-order valence-electron chi connectivity index (χ4n) is 2.70. The Morgan fingerprint density at radius 3 is 2.84 bits per heavy atom. The topological polar surface area (TPSA) is 36.4 Å². The van der Waals surface area contributed by atoms with Gasteiger partial charge in [0, 0.05) is 30.2 Å². The second-order valence-corrected chi connectivity index (χ2v) is 5.37. The van der Waals surface area contributed by atoms with Crippen molar-refractivity contribution >= 4 is 10.9 Å². The lowest BCUT2D eigenvalue weighted by Crippen LogP contribution is -2.28. The largest absolute Gasteiger partial charge is 0.395 e. The van der Waals surface area contributed by atoms with Crippen LogP contribution in [0.1, 0.15) is 24.1 Å². The van der Waals surface area contributed by atoms with Gasteiger partial charge in [0.1, 0.15) is 0 Å². The molecule has 3 heteroatoms. The molecular weight excluding hydrogens is 236 g/mol. The molecule has 1 aliphatic rings. The standard InChI is InChI=1S/C16H20N2O/c1-12-10-13(11-18(8-9-19)14-6-7-14)15-4-2-3-5-16(15)17-12/h2-5,10,14,19H,6-9,11H2,1H3. The first kappa shape index (κ1) is 12.6. The Morgan fingerprint density at radius 2 is 2.11 bits per heavy atom. The Kier molecular flexibility index (Phi) is 3.49. The van der Waals surface area contributed by atoms with E-state index in [2.05, 4.69) is 34.1 Å². The van der Waals surface area contributed by atoms with Gasteiger partial charge in [-0.25, -0.2) is 0 Å². The minimum absolute atomic E-state index is 0.235. The molecule has 0 radical (unpaired) electrons. The normalized spacial score (nSPS) is 15.3. The van der Waals surface area contributed by atoms with Gasteiger partial charge >= 0.3 is 0 Å². The molecule has 19 heavy (non-hydrogen) atoms. The van der Waals surface area contributed by atoms with E-state index in [-0.39, 0.29) is 6.61 Å². The van der Waals surface area contributed by atoms with E-state index in [0.717, 1.165) is 24.3 Å². The maximum Gasteiger partial charge on any atom is 0.0708 e. The second kappa shape index (κ2) is 5.27. The molecule has 1 aromatic carbocycles. The van der Waals surface area contributed by atoms with Crippen molar-refractivity contribution in [3.05, 3.63) is 41.6 Å². The van der Waals surface area contributed by atoms with Crippen LogP contribution in [0, 0.1) is 6.92 Å². The van der Waals surface area contributed by atoms with E-state index in [9.17, 15) is 5.11 Å². The summed E-state index contributed by atoms with van der Waals surface area (Å²) in [5.41, 5.74) is 3.45. The molecule has 1 aliphatic carbocycles. The van der Waals surface area contributed by atoms with Crippen LogP contribution in [0.5, 0.6) is 0 Å². The first-order valence-corrected chi connectivity index (χ1v) is 6.98. The number of hydrogen-bond acceptors (Lipinski definition) is 3. The molecule has 3 nitrogen and oxygen atoms in total. The van der Waals surface area contributed by atoms with E-state index in [1.807, 2.05) is 13.0 Å². The molecule has 1 aromatic heterocycles. The monoisotopic (exact) mass is 256 g/mol. The summed E-state index contributed by atoms with van der Waals surface area (Å²) in [5.74, 6) is 0. The summed E-state index contributed by atoms with van der Waals surface area (Å²) in [6.45, 7) is 3.96. The average Bonchev–Trinajstić information content (AvgIpc) is 3.22. The number of hydrogen-bond donors (Lipinski definition) is 1. The lowest BCUT2D eigenvalue weighted by molar-refractivity contribution is 0.184. The number of pyridine rings is 1. The quantitative estimate of drug-likeness (QED) is 0.893. The highest BCUT2D eigenvalue weighted by atomic mass is 16.3. The molecular formula is C16H20N2O. The van der Waals surface area contributed by atoms with Crippen molar-refractivity contribution in [1.82, 2.24) is 9.88 Å². The third-order valence-corrected chi connectivity index (χ3v) is 3.75. The average molecular weight is 256 g/mol. The zero-order valence-electron chi connectivity index (χ0n) is 11.3. The van der Waals surface area contributed by atoms with Gasteiger partial charge in [0.2, 0.25) is 0 Å². The number of aliphatic hydroxyl groups excluding tert-OH is 1. The molecule has 1 saturated carbocycles. The summed E-state index contributed by atoms with van der Waals surface area (Å²) in [6, 6.07) is 11.1. The van der Waals surface area contributed by atoms with Crippen LogP contribution >= 0.6 is 0 Å². The van der Waals surface area contributed by atoms with Gasteiger partial charge in [-0.1, -0.05) is 18.2 Å². The SMILES string of the molecule is Cc1cc(CN(CCO)C2CC2)c2ccccc2n1. The summed E-state index contributed by atoms with van der Waals surface area (Å²) in [4.78, 5) is 6.97. The fourth-order valence-corrected chi connectivity index (χ4v) is 2.70. The maximum atomic E-state index is 9.21. The molecule has 2 aromatic rings. The summed E-state index contributed by atoms with van der Waals surface area (Å²) in [6.07, 6.45) is 2.53. The van der Waals surface area contributed by atoms with Gasteiger partial charge < -0.3 is 5.11 Å². The Hall–Kier alpha value is -1.45. The van der Waals surface area contributed by atoms with Crippen molar-refractivity contribution in [1.29, 1.82) is 0 Å². The number of aromatic nitrogens is 1. The molecule has 0 saturated heterocycles. The smallest absolute Gasteiger partial charge is 0.0708 e. The van der Waals surface area contributed by atoms with Crippen molar-refractivity contribution < 1.29 is 5.11 Å². The molecule has 0 atom stereocenters. The number of rotatable bonds is 5. The zero-order chi connectivity index (χ0) is 13.2. The van der Waals surface area contributed by atoms with Gasteiger partial charge in [-0.2, -0.15) is 0 Å². The molecule has 1 N–H and O–H groups in total. The summed E-state index contributed by atoms with van der Waals surface area (Å²) in [7, 11) is 0. The van der Waals surface area contributed by atoms with Crippen molar-refractivity contribution in [2.24, 2.45) is 0 Å². The Labute approximate surface area is 113 Å². The Bertz CT molecular complexity index is 578. The van der Waals surface area contributed by atoms with Gasteiger partial charge in [0.15, 0.2) is 0 Å². The molecule has 0 spiro atoms. The van der Waals surface area contributed by atoms with E-state index in [1.54, 1.807) is 0 Å². The number of fused-ring (bicyclic) bond motifs is 1. The lowest BCUT2D eigenvalue weighted by atomic mass is 10.1. The van der Waals surface area contributed by atoms with Gasteiger partial charge in [0.25, 0.3) is 0 Å². The second-order valence-electron chi connectivity index (χ2n) is 5.37. The minimum Gasteiger partial charge on any atom is -0.395 e.